The number of nitrogens with zero attached hydrogens (tertiary/aromatic N) is 1. The Morgan fingerprint density at radius 1 is 0.919 bits per heavy atom. The van der Waals surface area contributed by atoms with Gasteiger partial charge >= 0.3 is 11.9 Å². The maximum atomic E-state index is 13.2. The highest BCUT2D eigenvalue weighted by Gasteiger charge is 2.63. The van der Waals surface area contributed by atoms with Gasteiger partial charge in [0, 0.05) is 32.9 Å². The van der Waals surface area contributed by atoms with Crippen molar-refractivity contribution < 1.29 is 19.1 Å². The van der Waals surface area contributed by atoms with Crippen LogP contribution in [0.4, 0.5) is 0 Å². The number of benzene rings is 2. The third-order valence-corrected chi connectivity index (χ3v) is 10.0. The van der Waals surface area contributed by atoms with Crippen LogP contribution < -0.4 is 0 Å². The summed E-state index contributed by atoms with van der Waals surface area (Å²) in [5.74, 6) is -0.0468. The quantitative estimate of drug-likeness (QED) is 0.275. The summed E-state index contributed by atoms with van der Waals surface area (Å²) >= 11 is 6.88. The van der Waals surface area contributed by atoms with Gasteiger partial charge in [-0.3, -0.25) is 4.90 Å². The van der Waals surface area contributed by atoms with E-state index in [0.29, 0.717) is 17.5 Å². The summed E-state index contributed by atoms with van der Waals surface area (Å²) in [6, 6.07) is 14.7. The van der Waals surface area contributed by atoms with Crippen LogP contribution in [0.15, 0.2) is 69.1 Å². The molecule has 0 radical (unpaired) electrons. The highest BCUT2D eigenvalue weighted by Crippen LogP contribution is 2.60. The van der Waals surface area contributed by atoms with E-state index >= 15 is 0 Å². The number of esters is 2. The van der Waals surface area contributed by atoms with E-state index < -0.39 is 0 Å². The van der Waals surface area contributed by atoms with E-state index in [0.717, 1.165) is 47.7 Å². The van der Waals surface area contributed by atoms with Crippen LogP contribution in [-0.2, 0) is 9.47 Å². The summed E-state index contributed by atoms with van der Waals surface area (Å²) in [5.41, 5.74) is 2.44. The van der Waals surface area contributed by atoms with Gasteiger partial charge in [0.15, 0.2) is 0 Å². The zero-order valence-electron chi connectivity index (χ0n) is 20.9. The van der Waals surface area contributed by atoms with Crippen LogP contribution in [0.1, 0.15) is 59.7 Å². The minimum Gasteiger partial charge on any atom is -0.458 e. The smallest absolute Gasteiger partial charge is 0.338 e. The van der Waals surface area contributed by atoms with Gasteiger partial charge in [0.05, 0.1) is 11.1 Å². The Balaban J connectivity index is 1.32. The van der Waals surface area contributed by atoms with Crippen LogP contribution in [0.5, 0.6) is 0 Å². The first-order chi connectivity index (χ1) is 17.9. The first-order valence-corrected chi connectivity index (χ1v) is 14.8. The van der Waals surface area contributed by atoms with Gasteiger partial charge in [0.1, 0.15) is 12.2 Å². The zero-order chi connectivity index (χ0) is 25.7. The molecule has 2 aromatic rings. The summed E-state index contributed by atoms with van der Waals surface area (Å²) in [4.78, 5) is 29.1. The summed E-state index contributed by atoms with van der Waals surface area (Å²) in [7, 11) is 0. The van der Waals surface area contributed by atoms with Crippen LogP contribution in [0.25, 0.3) is 0 Å². The summed E-state index contributed by atoms with van der Waals surface area (Å²) < 4.78 is 14.4. The van der Waals surface area contributed by atoms with Crippen molar-refractivity contribution in [2.24, 2.45) is 17.8 Å². The molecule has 6 rings (SSSR count). The van der Waals surface area contributed by atoms with Crippen molar-refractivity contribution in [1.29, 1.82) is 0 Å². The maximum Gasteiger partial charge on any atom is 0.338 e. The fourth-order valence-corrected chi connectivity index (χ4v) is 8.08. The lowest BCUT2D eigenvalue weighted by Gasteiger charge is -2.65. The van der Waals surface area contributed by atoms with E-state index in [1.165, 1.54) is 5.57 Å². The first kappa shape index (κ1) is 25.3. The number of carbonyl (C=O) groups is 2. The third-order valence-electron chi connectivity index (χ3n) is 8.97. The average molecular weight is 629 g/mol. The lowest BCUT2D eigenvalue weighted by molar-refractivity contribution is -0.142. The number of ether oxygens (including phenoxy) is 2. The topological polar surface area (TPSA) is 55.8 Å². The molecule has 37 heavy (non-hydrogen) atoms. The molecule has 0 unspecified atom stereocenters. The molecular formula is C30H31Br2NO4. The Morgan fingerprint density at radius 3 is 2.19 bits per heavy atom. The van der Waals surface area contributed by atoms with Gasteiger partial charge in [0.2, 0.25) is 0 Å². The molecule has 5 nitrogen and oxygen atoms in total. The fourth-order valence-electron chi connectivity index (χ4n) is 7.55. The number of piperidine rings is 1. The predicted molar refractivity (Wildman–Crippen MR) is 148 cm³/mol. The van der Waals surface area contributed by atoms with E-state index in [4.69, 9.17) is 9.47 Å². The lowest BCUT2D eigenvalue weighted by Crippen LogP contribution is -2.71. The van der Waals surface area contributed by atoms with Crippen LogP contribution >= 0.6 is 31.9 Å². The van der Waals surface area contributed by atoms with Gasteiger partial charge in [-0.05, 0) is 98.7 Å². The number of hydrogen-bond acceptors (Lipinski definition) is 5. The monoisotopic (exact) mass is 627 g/mol. The van der Waals surface area contributed by atoms with Crippen LogP contribution in [0, 0.1) is 17.8 Å². The van der Waals surface area contributed by atoms with Gasteiger partial charge in [-0.15, -0.1) is 0 Å². The van der Waals surface area contributed by atoms with Crippen molar-refractivity contribution in [3.05, 3.63) is 80.3 Å². The van der Waals surface area contributed by atoms with Crippen LogP contribution in [0.3, 0.4) is 0 Å². The van der Waals surface area contributed by atoms with Crippen molar-refractivity contribution in [2.45, 2.75) is 56.8 Å². The van der Waals surface area contributed by atoms with Gasteiger partial charge in [0.25, 0.3) is 0 Å². The van der Waals surface area contributed by atoms with E-state index in [2.05, 4.69) is 49.8 Å². The second kappa shape index (κ2) is 9.97. The van der Waals surface area contributed by atoms with E-state index in [9.17, 15) is 9.59 Å². The molecule has 2 heterocycles. The second-order valence-corrected chi connectivity index (χ2v) is 12.8. The molecule has 1 saturated heterocycles. The zero-order valence-corrected chi connectivity index (χ0v) is 24.0. The molecule has 2 bridgehead atoms. The Morgan fingerprint density at radius 2 is 1.54 bits per heavy atom. The standard InChI is InChI=1S/C30H31Br2NO4/c1-18-17-30-24-4-2-14-33(30)15-3-5-25(30)26(36-28(34)19-6-10-21(31)11-7-19)16-23(24)27(18)37-29(35)20-8-12-22(32)13-9-20/h4,6-13,18,23,25-27H,2-3,5,14-17H2,1H3/t18-,23+,25+,26+,27+,30-/m1/s1. The molecular weight excluding hydrogens is 598 g/mol. The Labute approximate surface area is 234 Å². The molecule has 3 fully saturated rings. The Hall–Kier alpha value is -1.96. The second-order valence-electron chi connectivity index (χ2n) is 11.0. The summed E-state index contributed by atoms with van der Waals surface area (Å²) in [6.45, 7) is 4.34. The number of hydrogen-bond donors (Lipinski definition) is 0. The van der Waals surface area contributed by atoms with Crippen LogP contribution in [0.2, 0.25) is 0 Å². The lowest BCUT2D eigenvalue weighted by atomic mass is 9.51. The van der Waals surface area contributed by atoms with Gasteiger partial charge < -0.3 is 9.47 Å². The van der Waals surface area contributed by atoms with Crippen molar-refractivity contribution in [3.8, 4) is 0 Å². The highest BCUT2D eigenvalue weighted by molar-refractivity contribution is 9.10. The molecule has 6 atom stereocenters. The third kappa shape index (κ3) is 4.41. The molecule has 1 spiro atoms. The molecule has 0 N–H and O–H groups in total. The largest absolute Gasteiger partial charge is 0.458 e. The molecule has 2 aromatic carbocycles. The average Bonchev–Trinajstić information content (AvgIpc) is 2.89. The van der Waals surface area contributed by atoms with Crippen molar-refractivity contribution in [3.63, 3.8) is 0 Å². The Kier molecular flexibility index (Phi) is 6.83. The van der Waals surface area contributed by atoms with Crippen molar-refractivity contribution >= 4 is 43.8 Å². The predicted octanol–water partition coefficient (Wildman–Crippen LogP) is 6.80. The van der Waals surface area contributed by atoms with Crippen molar-refractivity contribution in [1.82, 2.24) is 4.90 Å². The van der Waals surface area contributed by atoms with Gasteiger partial charge in [-0.25, -0.2) is 9.59 Å². The SMILES string of the molecule is C[C@@H]1C[C@]23C4=CCCN2CCC[C@H]3[C@@H](OC(=O)c2ccc(Br)cc2)C[C@@H]4[C@H]1OC(=O)c1ccc(Br)cc1. The van der Waals surface area contributed by atoms with E-state index in [1.54, 1.807) is 24.3 Å². The molecule has 2 aliphatic carbocycles. The maximum absolute atomic E-state index is 13.2. The van der Waals surface area contributed by atoms with Gasteiger partial charge in [-0.1, -0.05) is 44.9 Å². The molecule has 0 aromatic heterocycles. The molecule has 0 amide bonds. The number of carbonyl (C=O) groups excluding carboxylic acids is 2. The minimum absolute atomic E-state index is 0.0445. The molecule has 7 heteroatoms. The number of rotatable bonds is 4. The minimum atomic E-state index is -0.289. The Bertz CT molecular complexity index is 1230. The highest BCUT2D eigenvalue weighted by atomic mass is 79.9. The van der Waals surface area contributed by atoms with Crippen molar-refractivity contribution in [2.75, 3.05) is 13.1 Å². The summed E-state index contributed by atoms with van der Waals surface area (Å²) in [6.07, 6.45) is 6.76. The molecule has 2 saturated carbocycles. The fraction of sp³-hybridized carbons (Fsp3) is 0.467. The molecule has 4 aliphatic rings. The normalized spacial score (nSPS) is 32.6. The van der Waals surface area contributed by atoms with Gasteiger partial charge in [-0.2, -0.15) is 0 Å². The molecule has 2 aliphatic heterocycles. The van der Waals surface area contributed by atoms with E-state index in [1.807, 2.05) is 24.3 Å². The van der Waals surface area contributed by atoms with Crippen LogP contribution in [-0.4, -0.2) is 47.7 Å². The summed E-state index contributed by atoms with van der Waals surface area (Å²) in [5, 5.41) is 0. The number of halogens is 2. The van der Waals surface area contributed by atoms with E-state index in [-0.39, 0.29) is 47.4 Å². The molecule has 194 valence electrons. The first-order valence-electron chi connectivity index (χ1n) is 13.3.